The molecule has 0 atom stereocenters. The number of amides is 1. The highest BCUT2D eigenvalue weighted by Gasteiger charge is 2.08. The third-order valence-electron chi connectivity index (χ3n) is 3.20. The zero-order valence-electron chi connectivity index (χ0n) is 11.9. The predicted octanol–water partition coefficient (Wildman–Crippen LogP) is 1.72. The molecule has 0 aliphatic carbocycles. The fraction of sp³-hybridized carbons (Fsp3) is 0.200. The molecule has 0 aliphatic heterocycles. The number of fused-ring (bicyclic) bond motifs is 1. The van der Waals surface area contributed by atoms with Crippen LogP contribution in [0.2, 0.25) is 0 Å². The smallest absolute Gasteiger partial charge is 0.261 e. The molecule has 1 N–H and O–H groups in total. The first-order valence-electron chi connectivity index (χ1n) is 6.81. The zero-order chi connectivity index (χ0) is 15.5. The standard InChI is InChI=1S/C15H14N4O3/c1-10-8-14(22-18-10)17-13(20)6-7-19-9-16-12-5-3-2-4-11(12)15(19)21/h2-5,8-9H,6-7H2,1H3,(H,17,20). The third kappa shape index (κ3) is 2.88. The third-order valence-corrected chi connectivity index (χ3v) is 3.20. The van der Waals surface area contributed by atoms with E-state index in [1.54, 1.807) is 31.2 Å². The quantitative estimate of drug-likeness (QED) is 0.792. The maximum absolute atomic E-state index is 12.3. The summed E-state index contributed by atoms with van der Waals surface area (Å²) in [5, 5.41) is 6.81. The Morgan fingerprint density at radius 2 is 2.18 bits per heavy atom. The number of nitrogens with zero attached hydrogens (tertiary/aromatic N) is 3. The lowest BCUT2D eigenvalue weighted by Crippen LogP contribution is -2.23. The van der Waals surface area contributed by atoms with Gasteiger partial charge in [0.05, 0.1) is 22.9 Å². The first-order valence-corrected chi connectivity index (χ1v) is 6.81. The van der Waals surface area contributed by atoms with Crippen LogP contribution in [0.4, 0.5) is 5.88 Å². The van der Waals surface area contributed by atoms with Crippen LogP contribution >= 0.6 is 0 Å². The Morgan fingerprint density at radius 3 is 2.95 bits per heavy atom. The molecule has 112 valence electrons. The van der Waals surface area contributed by atoms with Crippen LogP contribution in [0, 0.1) is 6.92 Å². The van der Waals surface area contributed by atoms with Gasteiger partial charge >= 0.3 is 0 Å². The van der Waals surface area contributed by atoms with Gasteiger partial charge in [-0.3, -0.25) is 19.5 Å². The fourth-order valence-corrected chi connectivity index (χ4v) is 2.11. The molecule has 1 amide bonds. The van der Waals surface area contributed by atoms with E-state index in [2.05, 4.69) is 15.5 Å². The van der Waals surface area contributed by atoms with E-state index >= 15 is 0 Å². The lowest BCUT2D eigenvalue weighted by Gasteiger charge is -2.06. The molecule has 0 aliphatic rings. The van der Waals surface area contributed by atoms with E-state index in [0.29, 0.717) is 22.5 Å². The molecule has 1 aromatic carbocycles. The van der Waals surface area contributed by atoms with Crippen LogP contribution in [0.15, 0.2) is 46.0 Å². The zero-order valence-corrected chi connectivity index (χ0v) is 11.9. The predicted molar refractivity (Wildman–Crippen MR) is 80.5 cm³/mol. The van der Waals surface area contributed by atoms with E-state index in [4.69, 9.17) is 4.52 Å². The second kappa shape index (κ2) is 5.80. The molecule has 0 saturated heterocycles. The Balaban J connectivity index is 1.70. The van der Waals surface area contributed by atoms with Crippen molar-refractivity contribution in [2.24, 2.45) is 0 Å². The van der Waals surface area contributed by atoms with Gasteiger partial charge in [-0.15, -0.1) is 0 Å². The second-order valence-corrected chi connectivity index (χ2v) is 4.89. The molecule has 2 heterocycles. The maximum atomic E-state index is 12.3. The summed E-state index contributed by atoms with van der Waals surface area (Å²) in [6, 6.07) is 8.74. The van der Waals surface area contributed by atoms with E-state index in [9.17, 15) is 9.59 Å². The highest BCUT2D eigenvalue weighted by molar-refractivity contribution is 5.89. The van der Waals surface area contributed by atoms with Crippen molar-refractivity contribution in [2.45, 2.75) is 19.9 Å². The number of para-hydroxylation sites is 1. The average Bonchev–Trinajstić information content (AvgIpc) is 2.92. The Kier molecular flexibility index (Phi) is 3.69. The summed E-state index contributed by atoms with van der Waals surface area (Å²) in [5.74, 6) is 0.0442. The number of nitrogens with one attached hydrogen (secondary N) is 1. The van der Waals surface area contributed by atoms with Gasteiger partial charge in [-0.25, -0.2) is 4.98 Å². The molecule has 0 bridgehead atoms. The molecule has 3 rings (SSSR count). The van der Waals surface area contributed by atoms with Crippen molar-refractivity contribution in [3.8, 4) is 0 Å². The number of hydrogen-bond donors (Lipinski definition) is 1. The summed E-state index contributed by atoms with van der Waals surface area (Å²) in [6.07, 6.45) is 1.59. The highest BCUT2D eigenvalue weighted by Crippen LogP contribution is 2.09. The summed E-state index contributed by atoms with van der Waals surface area (Å²) in [6.45, 7) is 2.01. The molecule has 0 radical (unpaired) electrons. The number of rotatable bonds is 4. The average molecular weight is 298 g/mol. The number of hydrogen-bond acceptors (Lipinski definition) is 5. The molecule has 7 heteroatoms. The number of aromatic nitrogens is 3. The Bertz CT molecular complexity index is 882. The number of benzene rings is 1. The van der Waals surface area contributed by atoms with Crippen molar-refractivity contribution in [2.75, 3.05) is 5.32 Å². The van der Waals surface area contributed by atoms with E-state index in [-0.39, 0.29) is 24.4 Å². The number of anilines is 1. The first-order chi connectivity index (χ1) is 10.6. The van der Waals surface area contributed by atoms with E-state index in [1.165, 1.54) is 10.9 Å². The van der Waals surface area contributed by atoms with Crippen molar-refractivity contribution < 1.29 is 9.32 Å². The molecule has 0 fully saturated rings. The minimum atomic E-state index is -0.254. The van der Waals surface area contributed by atoms with Gasteiger partial charge in [0.15, 0.2) is 0 Å². The number of carbonyl (C=O) groups is 1. The summed E-state index contributed by atoms with van der Waals surface area (Å²) in [5.41, 5.74) is 1.17. The van der Waals surface area contributed by atoms with E-state index in [0.717, 1.165) is 0 Å². The monoisotopic (exact) mass is 298 g/mol. The van der Waals surface area contributed by atoms with Crippen molar-refractivity contribution >= 4 is 22.7 Å². The van der Waals surface area contributed by atoms with Crippen LogP contribution in [-0.2, 0) is 11.3 Å². The van der Waals surface area contributed by atoms with Crippen LogP contribution in [0.5, 0.6) is 0 Å². The van der Waals surface area contributed by atoms with Gasteiger partial charge in [0.25, 0.3) is 5.56 Å². The Morgan fingerprint density at radius 1 is 1.36 bits per heavy atom. The van der Waals surface area contributed by atoms with Crippen LogP contribution in [0.3, 0.4) is 0 Å². The van der Waals surface area contributed by atoms with Crippen molar-refractivity contribution in [1.29, 1.82) is 0 Å². The number of carbonyl (C=O) groups excluding carboxylic acids is 1. The normalized spacial score (nSPS) is 10.8. The van der Waals surface area contributed by atoms with Gasteiger partial charge < -0.3 is 4.52 Å². The van der Waals surface area contributed by atoms with E-state index in [1.807, 2.05) is 6.07 Å². The van der Waals surface area contributed by atoms with Crippen LogP contribution < -0.4 is 10.9 Å². The van der Waals surface area contributed by atoms with Crippen molar-refractivity contribution in [1.82, 2.24) is 14.7 Å². The Hall–Kier alpha value is -2.96. The van der Waals surface area contributed by atoms with Crippen LogP contribution in [0.1, 0.15) is 12.1 Å². The maximum Gasteiger partial charge on any atom is 0.261 e. The molecule has 0 spiro atoms. The minimum Gasteiger partial charge on any atom is -0.338 e. The molecular formula is C15H14N4O3. The second-order valence-electron chi connectivity index (χ2n) is 4.89. The summed E-state index contributed by atoms with van der Waals surface area (Å²) < 4.78 is 6.33. The van der Waals surface area contributed by atoms with Gasteiger partial charge in [0.2, 0.25) is 11.8 Å². The highest BCUT2D eigenvalue weighted by atomic mass is 16.5. The first kappa shape index (κ1) is 14.0. The van der Waals surface area contributed by atoms with E-state index < -0.39 is 0 Å². The summed E-state index contributed by atoms with van der Waals surface area (Å²) in [4.78, 5) is 28.3. The number of aryl methyl sites for hydroxylation is 2. The Labute approximate surface area is 125 Å². The summed E-state index contributed by atoms with van der Waals surface area (Å²) >= 11 is 0. The molecule has 7 nitrogen and oxygen atoms in total. The molecule has 0 saturated carbocycles. The van der Waals surface area contributed by atoms with Crippen molar-refractivity contribution in [3.63, 3.8) is 0 Å². The van der Waals surface area contributed by atoms with Crippen LogP contribution in [-0.4, -0.2) is 20.6 Å². The largest absolute Gasteiger partial charge is 0.338 e. The van der Waals surface area contributed by atoms with Crippen molar-refractivity contribution in [3.05, 3.63) is 52.7 Å². The van der Waals surface area contributed by atoms with Crippen LogP contribution in [0.25, 0.3) is 10.9 Å². The molecule has 22 heavy (non-hydrogen) atoms. The van der Waals surface area contributed by atoms with Gasteiger partial charge in [0.1, 0.15) is 0 Å². The van der Waals surface area contributed by atoms with Gasteiger partial charge in [-0.05, 0) is 19.1 Å². The van der Waals surface area contributed by atoms with Gasteiger partial charge in [0, 0.05) is 19.0 Å². The summed E-state index contributed by atoms with van der Waals surface area (Å²) in [7, 11) is 0. The van der Waals surface area contributed by atoms with Gasteiger partial charge in [-0.2, -0.15) is 0 Å². The minimum absolute atomic E-state index is 0.139. The lowest BCUT2D eigenvalue weighted by atomic mass is 10.2. The van der Waals surface area contributed by atoms with Gasteiger partial charge in [-0.1, -0.05) is 17.3 Å². The molecule has 3 aromatic rings. The molecular weight excluding hydrogens is 284 g/mol. The molecule has 0 unspecified atom stereocenters. The molecule has 2 aromatic heterocycles. The fourth-order valence-electron chi connectivity index (χ4n) is 2.11. The lowest BCUT2D eigenvalue weighted by molar-refractivity contribution is -0.116. The topological polar surface area (TPSA) is 90.0 Å². The SMILES string of the molecule is Cc1cc(NC(=O)CCn2cnc3ccccc3c2=O)on1.